The van der Waals surface area contributed by atoms with E-state index in [1.165, 1.54) is 18.0 Å². The molecule has 0 radical (unpaired) electrons. The van der Waals surface area contributed by atoms with Crippen LogP contribution in [0.3, 0.4) is 0 Å². The summed E-state index contributed by atoms with van der Waals surface area (Å²) in [7, 11) is 1.34. The normalized spacial score (nSPS) is 14.8. The molecule has 1 aromatic carbocycles. The molecule has 0 spiro atoms. The number of benzene rings is 1. The standard InChI is InChI=1S/C16H14ClF2N5O2/c1-25-9-6-10(18)12(11(19)7-9)13-14(17)22-16-20-8-21-24(16)15(13)23-2-4-26-5-3-23/h6-8H,2-5H2,1H3. The van der Waals surface area contributed by atoms with Gasteiger partial charge in [0.2, 0.25) is 0 Å². The number of fused-ring (bicyclic) bond motifs is 1. The van der Waals surface area contributed by atoms with Crippen molar-refractivity contribution >= 4 is 23.2 Å². The minimum Gasteiger partial charge on any atom is -0.497 e. The number of hydrogen-bond acceptors (Lipinski definition) is 6. The van der Waals surface area contributed by atoms with Crippen molar-refractivity contribution in [3.05, 3.63) is 35.2 Å². The monoisotopic (exact) mass is 381 g/mol. The third-order valence-corrected chi connectivity index (χ3v) is 4.44. The van der Waals surface area contributed by atoms with Crippen LogP contribution in [0.1, 0.15) is 0 Å². The van der Waals surface area contributed by atoms with Crippen LogP contribution in [-0.2, 0) is 4.74 Å². The number of methoxy groups -OCH3 is 1. The molecule has 10 heteroatoms. The summed E-state index contributed by atoms with van der Waals surface area (Å²) >= 11 is 6.32. The predicted octanol–water partition coefficient (Wildman–Crippen LogP) is 2.57. The molecule has 0 amide bonds. The fourth-order valence-corrected chi connectivity index (χ4v) is 3.25. The minimum absolute atomic E-state index is 0.0602. The summed E-state index contributed by atoms with van der Waals surface area (Å²) in [5.41, 5.74) is -0.175. The van der Waals surface area contributed by atoms with Gasteiger partial charge in [-0.25, -0.2) is 8.78 Å². The number of morpholine rings is 1. The van der Waals surface area contributed by atoms with E-state index in [1.54, 1.807) is 0 Å². The molecule has 136 valence electrons. The second-order valence-electron chi connectivity index (χ2n) is 5.64. The van der Waals surface area contributed by atoms with E-state index in [4.69, 9.17) is 21.1 Å². The van der Waals surface area contributed by atoms with E-state index in [0.29, 0.717) is 32.1 Å². The van der Waals surface area contributed by atoms with Gasteiger partial charge in [-0.15, -0.1) is 0 Å². The van der Waals surface area contributed by atoms with Gasteiger partial charge in [0, 0.05) is 25.2 Å². The largest absolute Gasteiger partial charge is 0.497 e. The van der Waals surface area contributed by atoms with Crippen LogP contribution in [0.5, 0.6) is 5.75 Å². The van der Waals surface area contributed by atoms with Crippen molar-refractivity contribution in [3.8, 4) is 16.9 Å². The second kappa shape index (κ2) is 6.65. The van der Waals surface area contributed by atoms with Crippen molar-refractivity contribution < 1.29 is 18.3 Å². The van der Waals surface area contributed by atoms with E-state index in [2.05, 4.69) is 15.1 Å². The Kier molecular flexibility index (Phi) is 4.33. The van der Waals surface area contributed by atoms with Crippen LogP contribution in [0.25, 0.3) is 16.9 Å². The Balaban J connectivity index is 2.02. The number of nitrogens with zero attached hydrogens (tertiary/aromatic N) is 5. The van der Waals surface area contributed by atoms with Gasteiger partial charge in [-0.3, -0.25) is 0 Å². The second-order valence-corrected chi connectivity index (χ2v) is 6.00. The first-order chi connectivity index (χ1) is 12.6. The lowest BCUT2D eigenvalue weighted by molar-refractivity contribution is 0.122. The molecule has 1 aliphatic heterocycles. The molecule has 0 bridgehead atoms. The van der Waals surface area contributed by atoms with Crippen LogP contribution in [0.15, 0.2) is 18.5 Å². The lowest BCUT2D eigenvalue weighted by Gasteiger charge is -2.30. The van der Waals surface area contributed by atoms with Crippen LogP contribution in [0.2, 0.25) is 5.15 Å². The predicted molar refractivity (Wildman–Crippen MR) is 90.7 cm³/mol. The quantitative estimate of drug-likeness (QED) is 0.650. The number of anilines is 1. The number of hydrogen-bond donors (Lipinski definition) is 0. The van der Waals surface area contributed by atoms with Crippen molar-refractivity contribution in [2.45, 2.75) is 0 Å². The van der Waals surface area contributed by atoms with E-state index in [1.807, 2.05) is 4.90 Å². The van der Waals surface area contributed by atoms with Gasteiger partial charge in [0.1, 0.15) is 34.7 Å². The van der Waals surface area contributed by atoms with Crippen molar-refractivity contribution in [2.24, 2.45) is 0 Å². The molecule has 0 saturated carbocycles. The Labute approximate surface area is 152 Å². The highest BCUT2D eigenvalue weighted by Crippen LogP contribution is 2.40. The molecule has 0 N–H and O–H groups in total. The molecule has 4 rings (SSSR count). The summed E-state index contributed by atoms with van der Waals surface area (Å²) in [4.78, 5) is 10.1. The summed E-state index contributed by atoms with van der Waals surface area (Å²) in [6.07, 6.45) is 1.31. The molecule has 1 saturated heterocycles. The molecule has 0 atom stereocenters. The maximum atomic E-state index is 14.7. The SMILES string of the molecule is COc1cc(F)c(-c2c(Cl)nc3ncnn3c2N2CCOCC2)c(F)c1. The van der Waals surface area contributed by atoms with Crippen LogP contribution in [-0.4, -0.2) is 53.0 Å². The van der Waals surface area contributed by atoms with Gasteiger partial charge in [-0.2, -0.15) is 19.6 Å². The van der Waals surface area contributed by atoms with Gasteiger partial charge in [-0.1, -0.05) is 11.6 Å². The van der Waals surface area contributed by atoms with Crippen molar-refractivity contribution in [1.82, 2.24) is 19.6 Å². The molecular formula is C16H14ClF2N5O2. The Morgan fingerprint density at radius 3 is 2.50 bits per heavy atom. The van der Waals surface area contributed by atoms with Crippen molar-refractivity contribution in [2.75, 3.05) is 38.3 Å². The number of aromatic nitrogens is 4. The molecule has 7 nitrogen and oxygen atoms in total. The first kappa shape index (κ1) is 16.9. The molecule has 1 aliphatic rings. The third kappa shape index (κ3) is 2.73. The number of rotatable bonds is 3. The smallest absolute Gasteiger partial charge is 0.255 e. The van der Waals surface area contributed by atoms with Crippen molar-refractivity contribution in [3.63, 3.8) is 0 Å². The van der Waals surface area contributed by atoms with E-state index in [0.717, 1.165) is 12.1 Å². The van der Waals surface area contributed by atoms with Crippen LogP contribution >= 0.6 is 11.6 Å². The average Bonchev–Trinajstić information content (AvgIpc) is 3.09. The van der Waals surface area contributed by atoms with Gasteiger partial charge in [0.25, 0.3) is 5.78 Å². The van der Waals surface area contributed by atoms with E-state index < -0.39 is 11.6 Å². The number of halogens is 3. The summed E-state index contributed by atoms with van der Waals surface area (Å²) < 4.78 is 41.2. The van der Waals surface area contributed by atoms with Gasteiger partial charge in [0.05, 0.1) is 31.5 Å². The maximum absolute atomic E-state index is 14.7. The molecule has 1 fully saturated rings. The highest BCUT2D eigenvalue weighted by molar-refractivity contribution is 6.33. The zero-order valence-electron chi connectivity index (χ0n) is 13.7. The average molecular weight is 382 g/mol. The number of ether oxygens (including phenoxy) is 2. The highest BCUT2D eigenvalue weighted by atomic mass is 35.5. The molecule has 3 aromatic rings. The van der Waals surface area contributed by atoms with Gasteiger partial charge in [-0.05, 0) is 0 Å². The zero-order valence-corrected chi connectivity index (χ0v) is 14.5. The van der Waals surface area contributed by atoms with Gasteiger partial charge in [0.15, 0.2) is 0 Å². The summed E-state index contributed by atoms with van der Waals surface area (Å²) in [6.45, 7) is 1.98. The first-order valence-electron chi connectivity index (χ1n) is 7.85. The molecule has 2 aromatic heterocycles. The van der Waals surface area contributed by atoms with E-state index >= 15 is 0 Å². The summed E-state index contributed by atoms with van der Waals surface area (Å²) in [5.74, 6) is -0.875. The van der Waals surface area contributed by atoms with Crippen LogP contribution in [0, 0.1) is 11.6 Å². The maximum Gasteiger partial charge on any atom is 0.255 e. The molecule has 0 aliphatic carbocycles. The van der Waals surface area contributed by atoms with Gasteiger partial charge < -0.3 is 14.4 Å². The summed E-state index contributed by atoms with van der Waals surface area (Å²) in [6, 6.07) is 2.20. The zero-order chi connectivity index (χ0) is 18.3. The van der Waals surface area contributed by atoms with Crippen LogP contribution in [0.4, 0.5) is 14.6 Å². The lowest BCUT2D eigenvalue weighted by Crippen LogP contribution is -2.38. The molecule has 26 heavy (non-hydrogen) atoms. The Hall–Kier alpha value is -2.52. The molecular weight excluding hydrogens is 368 g/mol. The lowest BCUT2D eigenvalue weighted by atomic mass is 10.1. The Bertz CT molecular complexity index is 952. The Morgan fingerprint density at radius 2 is 1.85 bits per heavy atom. The topological polar surface area (TPSA) is 64.8 Å². The molecule has 3 heterocycles. The third-order valence-electron chi connectivity index (χ3n) is 4.17. The molecule has 0 unspecified atom stereocenters. The van der Waals surface area contributed by atoms with E-state index in [9.17, 15) is 8.78 Å². The fourth-order valence-electron chi connectivity index (χ4n) is 2.99. The fraction of sp³-hybridized carbons (Fsp3) is 0.312. The highest BCUT2D eigenvalue weighted by Gasteiger charge is 2.28. The van der Waals surface area contributed by atoms with Crippen molar-refractivity contribution in [1.29, 1.82) is 0 Å². The van der Waals surface area contributed by atoms with Crippen LogP contribution < -0.4 is 9.64 Å². The minimum atomic E-state index is -0.806. The summed E-state index contributed by atoms with van der Waals surface area (Å²) in [5, 5.41) is 4.09. The first-order valence-corrected chi connectivity index (χ1v) is 8.23. The Morgan fingerprint density at radius 1 is 1.15 bits per heavy atom. The van der Waals surface area contributed by atoms with Gasteiger partial charge >= 0.3 is 0 Å². The van der Waals surface area contributed by atoms with E-state index in [-0.39, 0.29) is 27.8 Å².